The van der Waals surface area contributed by atoms with Crippen molar-refractivity contribution in [2.24, 2.45) is 0 Å². The summed E-state index contributed by atoms with van der Waals surface area (Å²) in [6.07, 6.45) is 1.85. The average molecular weight is 349 g/mol. The predicted molar refractivity (Wildman–Crippen MR) is 91.7 cm³/mol. The lowest BCUT2D eigenvalue weighted by Gasteiger charge is -2.21. The maximum absolute atomic E-state index is 12.5. The van der Waals surface area contributed by atoms with E-state index in [1.807, 2.05) is 18.7 Å². The van der Waals surface area contributed by atoms with E-state index in [0.29, 0.717) is 10.3 Å². The fourth-order valence-corrected chi connectivity index (χ4v) is 6.15. The van der Waals surface area contributed by atoms with E-state index in [-0.39, 0.29) is 6.04 Å². The molecule has 1 saturated heterocycles. The maximum Gasteiger partial charge on any atom is 0.250 e. The van der Waals surface area contributed by atoms with E-state index in [1.165, 1.54) is 11.3 Å². The van der Waals surface area contributed by atoms with E-state index in [2.05, 4.69) is 23.9 Å². The Balaban J connectivity index is 2.07. The van der Waals surface area contributed by atoms with Gasteiger partial charge in [-0.15, -0.1) is 11.3 Å². The molecule has 1 aromatic rings. The first-order valence-electron chi connectivity index (χ1n) is 7.31. The van der Waals surface area contributed by atoms with Crippen molar-refractivity contribution in [3.05, 3.63) is 16.5 Å². The largest absolute Gasteiger partial charge is 0.310 e. The molecule has 0 spiro atoms. The molecule has 1 fully saturated rings. The van der Waals surface area contributed by atoms with Gasteiger partial charge in [-0.05, 0) is 42.9 Å². The zero-order chi connectivity index (χ0) is 15.5. The van der Waals surface area contributed by atoms with Crippen LogP contribution in [0.4, 0.5) is 0 Å². The minimum atomic E-state index is -3.37. The topological polar surface area (TPSA) is 58.2 Å². The van der Waals surface area contributed by atoms with E-state index in [9.17, 15) is 8.42 Å². The minimum Gasteiger partial charge on any atom is -0.310 e. The molecule has 1 aliphatic heterocycles. The summed E-state index contributed by atoms with van der Waals surface area (Å²) in [6, 6.07) is 2.28. The van der Waals surface area contributed by atoms with Crippen molar-refractivity contribution in [1.82, 2.24) is 10.0 Å². The molecule has 7 heteroatoms. The molecule has 1 aliphatic rings. The fraction of sp³-hybridized carbons (Fsp3) is 0.714. The summed E-state index contributed by atoms with van der Waals surface area (Å²) in [6.45, 7) is 6.88. The van der Waals surface area contributed by atoms with Gasteiger partial charge in [-0.25, -0.2) is 13.1 Å². The summed E-state index contributed by atoms with van der Waals surface area (Å²) < 4.78 is 28.3. The Morgan fingerprint density at radius 1 is 1.33 bits per heavy atom. The molecule has 2 rings (SSSR count). The number of hydrogen-bond acceptors (Lipinski definition) is 5. The molecule has 0 aliphatic carbocycles. The molecular weight excluding hydrogens is 324 g/mol. The molecule has 0 aromatic carbocycles. The first-order chi connectivity index (χ1) is 9.88. The standard InChI is InChI=1S/C14H24N2O2S3/c1-10(2)15-9-13-11(3)8-14(20-13)21(17,18)16-12-4-6-19-7-5-12/h8,10,12,15-16H,4-7,9H2,1-3H3. The Labute approximate surface area is 136 Å². The van der Waals surface area contributed by atoms with Crippen LogP contribution in [0.5, 0.6) is 0 Å². The molecule has 2 N–H and O–H groups in total. The summed E-state index contributed by atoms with van der Waals surface area (Å²) in [4.78, 5) is 1.10. The number of thiophene rings is 1. The molecule has 0 amide bonds. The van der Waals surface area contributed by atoms with Gasteiger partial charge in [-0.2, -0.15) is 11.8 Å². The lowest BCUT2D eigenvalue weighted by Crippen LogP contribution is -2.36. The van der Waals surface area contributed by atoms with E-state index in [4.69, 9.17) is 0 Å². The summed E-state index contributed by atoms with van der Waals surface area (Å²) in [7, 11) is -3.37. The Hall–Kier alpha value is -0.0800. The van der Waals surface area contributed by atoms with Gasteiger partial charge in [0.25, 0.3) is 0 Å². The third-order valence-electron chi connectivity index (χ3n) is 3.48. The summed E-state index contributed by atoms with van der Waals surface area (Å²) in [5.74, 6) is 2.08. The van der Waals surface area contributed by atoms with Crippen LogP contribution in [0.1, 0.15) is 37.1 Å². The molecule has 0 atom stereocenters. The first-order valence-corrected chi connectivity index (χ1v) is 10.8. The van der Waals surface area contributed by atoms with Gasteiger partial charge in [0, 0.05) is 23.5 Å². The summed E-state index contributed by atoms with van der Waals surface area (Å²) >= 11 is 3.27. The van der Waals surface area contributed by atoms with Crippen LogP contribution in [-0.2, 0) is 16.6 Å². The Morgan fingerprint density at radius 2 is 2.00 bits per heavy atom. The van der Waals surface area contributed by atoms with Crippen LogP contribution in [0.3, 0.4) is 0 Å². The smallest absolute Gasteiger partial charge is 0.250 e. The molecule has 21 heavy (non-hydrogen) atoms. The number of rotatable bonds is 6. The summed E-state index contributed by atoms with van der Waals surface area (Å²) in [5, 5.41) is 3.34. The maximum atomic E-state index is 12.5. The highest BCUT2D eigenvalue weighted by Gasteiger charge is 2.24. The molecular formula is C14H24N2O2S3. The Kier molecular flexibility index (Phi) is 6.14. The third-order valence-corrected chi connectivity index (χ3v) is 7.76. The predicted octanol–water partition coefficient (Wildman–Crippen LogP) is 2.73. The van der Waals surface area contributed by atoms with Gasteiger partial charge in [0.2, 0.25) is 10.0 Å². The van der Waals surface area contributed by atoms with Crippen LogP contribution in [0.25, 0.3) is 0 Å². The highest BCUT2D eigenvalue weighted by Crippen LogP contribution is 2.27. The van der Waals surface area contributed by atoms with Crippen LogP contribution in [0, 0.1) is 6.92 Å². The number of aryl methyl sites for hydroxylation is 1. The normalized spacial score (nSPS) is 17.5. The van der Waals surface area contributed by atoms with Gasteiger partial charge in [0.1, 0.15) is 4.21 Å². The summed E-state index contributed by atoms with van der Waals surface area (Å²) in [5.41, 5.74) is 1.05. The van der Waals surface area contributed by atoms with Crippen molar-refractivity contribution >= 4 is 33.1 Å². The number of thioether (sulfide) groups is 1. The lowest BCUT2D eigenvalue weighted by molar-refractivity contribution is 0.530. The second-order valence-electron chi connectivity index (χ2n) is 5.72. The molecule has 120 valence electrons. The fourth-order valence-electron chi connectivity index (χ4n) is 2.19. The van der Waals surface area contributed by atoms with Crippen molar-refractivity contribution in [2.45, 2.75) is 56.5 Å². The van der Waals surface area contributed by atoms with Gasteiger partial charge in [0.15, 0.2) is 0 Å². The van der Waals surface area contributed by atoms with Crippen LogP contribution in [-0.4, -0.2) is 32.0 Å². The van der Waals surface area contributed by atoms with Crippen molar-refractivity contribution in [2.75, 3.05) is 11.5 Å². The number of sulfonamides is 1. The van der Waals surface area contributed by atoms with Crippen LogP contribution in [0.15, 0.2) is 10.3 Å². The molecule has 0 saturated carbocycles. The highest BCUT2D eigenvalue weighted by atomic mass is 32.2. The van der Waals surface area contributed by atoms with Crippen LogP contribution < -0.4 is 10.0 Å². The number of hydrogen-bond donors (Lipinski definition) is 2. The quantitative estimate of drug-likeness (QED) is 0.830. The van der Waals surface area contributed by atoms with E-state index < -0.39 is 10.0 Å². The molecule has 2 heterocycles. The van der Waals surface area contributed by atoms with Gasteiger partial charge in [-0.3, -0.25) is 0 Å². The van der Waals surface area contributed by atoms with Crippen molar-refractivity contribution in [3.8, 4) is 0 Å². The lowest BCUT2D eigenvalue weighted by atomic mass is 10.2. The van der Waals surface area contributed by atoms with E-state index in [1.54, 1.807) is 6.07 Å². The Morgan fingerprint density at radius 3 is 2.62 bits per heavy atom. The van der Waals surface area contributed by atoms with Crippen LogP contribution in [0.2, 0.25) is 0 Å². The molecule has 0 unspecified atom stereocenters. The van der Waals surface area contributed by atoms with Gasteiger partial charge >= 0.3 is 0 Å². The van der Waals surface area contributed by atoms with Gasteiger partial charge in [-0.1, -0.05) is 13.8 Å². The number of nitrogens with one attached hydrogen (secondary N) is 2. The molecule has 0 bridgehead atoms. The van der Waals surface area contributed by atoms with E-state index >= 15 is 0 Å². The average Bonchev–Trinajstić information content (AvgIpc) is 2.79. The first kappa shape index (κ1) is 17.3. The highest BCUT2D eigenvalue weighted by molar-refractivity contribution is 7.99. The third kappa shape index (κ3) is 4.96. The monoisotopic (exact) mass is 348 g/mol. The molecule has 0 radical (unpaired) electrons. The SMILES string of the molecule is Cc1cc(S(=O)(=O)NC2CCSCC2)sc1CNC(C)C. The molecule has 1 aromatic heterocycles. The van der Waals surface area contributed by atoms with Gasteiger partial charge in [0.05, 0.1) is 0 Å². The van der Waals surface area contributed by atoms with Crippen molar-refractivity contribution in [1.29, 1.82) is 0 Å². The minimum absolute atomic E-state index is 0.0934. The van der Waals surface area contributed by atoms with Crippen molar-refractivity contribution in [3.63, 3.8) is 0 Å². The van der Waals surface area contributed by atoms with Crippen LogP contribution >= 0.6 is 23.1 Å². The van der Waals surface area contributed by atoms with Crippen molar-refractivity contribution < 1.29 is 8.42 Å². The zero-order valence-corrected chi connectivity index (χ0v) is 15.3. The van der Waals surface area contributed by atoms with Gasteiger partial charge < -0.3 is 5.32 Å². The molecule has 4 nitrogen and oxygen atoms in total. The van der Waals surface area contributed by atoms with E-state index in [0.717, 1.165) is 41.3 Å². The second-order valence-corrected chi connectivity index (χ2v) is 10.0. The Bertz CT molecular complexity index is 561. The second kappa shape index (κ2) is 7.46. The zero-order valence-electron chi connectivity index (χ0n) is 12.8.